The highest BCUT2D eigenvalue weighted by molar-refractivity contribution is 9.10. The van der Waals surface area contributed by atoms with Crippen LogP contribution in [0.15, 0.2) is 10.7 Å². The lowest BCUT2D eigenvalue weighted by atomic mass is 10.2. The second-order valence-corrected chi connectivity index (χ2v) is 5.94. The lowest BCUT2D eigenvalue weighted by molar-refractivity contribution is 0.0525. The molecule has 0 aromatic carbocycles. The lowest BCUT2D eigenvalue weighted by Gasteiger charge is -2.19. The largest absolute Gasteiger partial charge is 0.476 e. The summed E-state index contributed by atoms with van der Waals surface area (Å²) < 4.78 is 13.1. The van der Waals surface area contributed by atoms with Crippen LogP contribution in [0, 0.1) is 0 Å². The van der Waals surface area contributed by atoms with Crippen molar-refractivity contribution < 1.29 is 14.3 Å². The first-order valence-electron chi connectivity index (χ1n) is 6.07. The fourth-order valence-electron chi connectivity index (χ4n) is 1.28. The summed E-state index contributed by atoms with van der Waals surface area (Å²) >= 11 is 3.34. The van der Waals surface area contributed by atoms with Crippen LogP contribution in [-0.4, -0.2) is 34.6 Å². The molecule has 108 valence electrons. The van der Waals surface area contributed by atoms with Crippen LogP contribution in [0.2, 0.25) is 0 Å². The number of nitrogens with one attached hydrogen (secondary N) is 1. The van der Waals surface area contributed by atoms with Gasteiger partial charge < -0.3 is 14.8 Å². The predicted octanol–water partition coefficient (Wildman–Crippen LogP) is 2.48. The molecule has 0 bridgehead atoms. The second-order valence-electron chi connectivity index (χ2n) is 5.09. The summed E-state index contributed by atoms with van der Waals surface area (Å²) in [5, 5.41) is 6.79. The molecule has 1 rings (SSSR count). The van der Waals surface area contributed by atoms with E-state index in [1.54, 1.807) is 4.68 Å². The highest BCUT2D eigenvalue weighted by Gasteiger charge is 2.15. The summed E-state index contributed by atoms with van der Waals surface area (Å²) in [5.41, 5.74) is -0.473. The van der Waals surface area contributed by atoms with Gasteiger partial charge in [0.05, 0.1) is 11.1 Å². The Labute approximate surface area is 121 Å². The first-order valence-corrected chi connectivity index (χ1v) is 6.86. The van der Waals surface area contributed by atoms with Crippen molar-refractivity contribution in [3.63, 3.8) is 0 Å². The van der Waals surface area contributed by atoms with Gasteiger partial charge in [-0.25, -0.2) is 4.79 Å². The average Bonchev–Trinajstić information content (AvgIpc) is 2.54. The maximum atomic E-state index is 11.4. The van der Waals surface area contributed by atoms with Gasteiger partial charge in [-0.1, -0.05) is 0 Å². The third-order valence-corrected chi connectivity index (χ3v) is 2.53. The standard InChI is InChI=1S/C12H20BrN3O3/c1-12(2,3)19-11(17)14-6-5-7-18-10-9(13)8-16(4)15-10/h8H,5-7H2,1-4H3,(H,14,17). The molecule has 0 aliphatic carbocycles. The topological polar surface area (TPSA) is 65.4 Å². The quantitative estimate of drug-likeness (QED) is 0.840. The fourth-order valence-corrected chi connectivity index (χ4v) is 1.77. The van der Waals surface area contributed by atoms with Gasteiger partial charge in [0.1, 0.15) is 5.60 Å². The Kier molecular flexibility index (Phi) is 5.65. The molecule has 0 unspecified atom stereocenters. The van der Waals surface area contributed by atoms with Crippen molar-refractivity contribution in [3.8, 4) is 5.88 Å². The predicted molar refractivity (Wildman–Crippen MR) is 75.3 cm³/mol. The zero-order chi connectivity index (χ0) is 14.5. The van der Waals surface area contributed by atoms with Crippen LogP contribution in [0.4, 0.5) is 4.79 Å². The Balaban J connectivity index is 2.15. The van der Waals surface area contributed by atoms with E-state index in [0.29, 0.717) is 25.5 Å². The smallest absolute Gasteiger partial charge is 0.407 e. The zero-order valence-electron chi connectivity index (χ0n) is 11.7. The van der Waals surface area contributed by atoms with Crippen LogP contribution in [0.3, 0.4) is 0 Å². The summed E-state index contributed by atoms with van der Waals surface area (Å²) in [4.78, 5) is 11.4. The normalized spacial score (nSPS) is 11.2. The van der Waals surface area contributed by atoms with E-state index >= 15 is 0 Å². The molecule has 0 saturated carbocycles. The molecule has 0 fully saturated rings. The maximum absolute atomic E-state index is 11.4. The summed E-state index contributed by atoms with van der Waals surface area (Å²) in [7, 11) is 1.82. The Morgan fingerprint density at radius 3 is 2.74 bits per heavy atom. The van der Waals surface area contributed by atoms with Gasteiger partial charge in [-0.2, -0.15) is 0 Å². The third kappa shape index (κ3) is 6.47. The van der Waals surface area contributed by atoms with Gasteiger partial charge in [-0.15, -0.1) is 5.10 Å². The van der Waals surface area contributed by atoms with Gasteiger partial charge in [-0.3, -0.25) is 4.68 Å². The fraction of sp³-hybridized carbons (Fsp3) is 0.667. The number of carbonyl (C=O) groups is 1. The minimum Gasteiger partial charge on any atom is -0.476 e. The molecule has 6 nitrogen and oxygen atoms in total. The molecule has 0 aliphatic rings. The Bertz CT molecular complexity index is 426. The van der Waals surface area contributed by atoms with Gasteiger partial charge >= 0.3 is 6.09 Å². The van der Waals surface area contributed by atoms with Crippen LogP contribution in [-0.2, 0) is 11.8 Å². The summed E-state index contributed by atoms with van der Waals surface area (Å²) in [6.45, 7) is 6.46. The van der Waals surface area contributed by atoms with Crippen LogP contribution < -0.4 is 10.1 Å². The number of carbonyl (C=O) groups excluding carboxylic acids is 1. The molecule has 1 aromatic rings. The van der Waals surface area contributed by atoms with E-state index in [1.165, 1.54) is 0 Å². The van der Waals surface area contributed by atoms with Gasteiger partial charge in [0.25, 0.3) is 0 Å². The number of halogens is 1. The van der Waals surface area contributed by atoms with Crippen molar-refractivity contribution in [1.29, 1.82) is 0 Å². The molecule has 1 N–H and O–H groups in total. The van der Waals surface area contributed by atoms with Crippen molar-refractivity contribution in [3.05, 3.63) is 10.7 Å². The monoisotopic (exact) mass is 333 g/mol. The summed E-state index contributed by atoms with van der Waals surface area (Å²) in [6.07, 6.45) is 2.09. The Morgan fingerprint density at radius 2 is 2.21 bits per heavy atom. The third-order valence-electron chi connectivity index (χ3n) is 1.98. The van der Waals surface area contributed by atoms with Crippen LogP contribution in [0.25, 0.3) is 0 Å². The number of nitrogens with zero attached hydrogens (tertiary/aromatic N) is 2. The number of ether oxygens (including phenoxy) is 2. The van der Waals surface area contributed by atoms with Crippen molar-refractivity contribution in [1.82, 2.24) is 15.1 Å². The van der Waals surface area contributed by atoms with Crippen LogP contribution >= 0.6 is 15.9 Å². The molecule has 0 aliphatic heterocycles. The number of alkyl carbamates (subject to hydrolysis) is 1. The molecule has 7 heteroatoms. The molecule has 19 heavy (non-hydrogen) atoms. The lowest BCUT2D eigenvalue weighted by Crippen LogP contribution is -2.33. The van der Waals surface area contributed by atoms with E-state index in [4.69, 9.17) is 9.47 Å². The molecule has 1 heterocycles. The molecule has 0 saturated heterocycles. The minimum atomic E-state index is -0.473. The van der Waals surface area contributed by atoms with Crippen LogP contribution in [0.1, 0.15) is 27.2 Å². The van der Waals surface area contributed by atoms with Gasteiger partial charge in [0.2, 0.25) is 5.88 Å². The minimum absolute atomic E-state index is 0.411. The summed E-state index contributed by atoms with van der Waals surface area (Å²) in [5.74, 6) is 0.555. The number of amides is 1. The van der Waals surface area contributed by atoms with Crippen molar-refractivity contribution in [2.24, 2.45) is 7.05 Å². The molecule has 1 aromatic heterocycles. The summed E-state index contributed by atoms with van der Waals surface area (Å²) in [6, 6.07) is 0. The van der Waals surface area contributed by atoms with Crippen molar-refractivity contribution >= 4 is 22.0 Å². The number of aromatic nitrogens is 2. The first-order chi connectivity index (χ1) is 8.78. The van der Waals surface area contributed by atoms with E-state index in [2.05, 4.69) is 26.3 Å². The zero-order valence-corrected chi connectivity index (χ0v) is 13.3. The van der Waals surface area contributed by atoms with Gasteiger partial charge in [0.15, 0.2) is 0 Å². The highest BCUT2D eigenvalue weighted by atomic mass is 79.9. The molecule has 0 atom stereocenters. The average molecular weight is 334 g/mol. The van der Waals surface area contributed by atoms with Crippen molar-refractivity contribution in [2.75, 3.05) is 13.2 Å². The Hall–Kier alpha value is -1.24. The van der Waals surface area contributed by atoms with E-state index in [0.717, 1.165) is 4.47 Å². The highest BCUT2D eigenvalue weighted by Crippen LogP contribution is 2.21. The van der Waals surface area contributed by atoms with Gasteiger partial charge in [0, 0.05) is 19.8 Å². The molecular formula is C12H20BrN3O3. The van der Waals surface area contributed by atoms with E-state index in [1.807, 2.05) is 34.0 Å². The Morgan fingerprint density at radius 1 is 1.53 bits per heavy atom. The molecule has 0 radical (unpaired) electrons. The number of hydrogen-bond acceptors (Lipinski definition) is 4. The van der Waals surface area contributed by atoms with E-state index in [9.17, 15) is 4.79 Å². The number of aryl methyl sites for hydroxylation is 1. The first kappa shape index (κ1) is 15.8. The van der Waals surface area contributed by atoms with Gasteiger partial charge in [-0.05, 0) is 43.1 Å². The van der Waals surface area contributed by atoms with Crippen LogP contribution in [0.5, 0.6) is 5.88 Å². The maximum Gasteiger partial charge on any atom is 0.407 e. The molecule has 1 amide bonds. The van der Waals surface area contributed by atoms with Crippen molar-refractivity contribution in [2.45, 2.75) is 32.8 Å². The molecular weight excluding hydrogens is 314 g/mol. The number of rotatable bonds is 5. The van der Waals surface area contributed by atoms with E-state index in [-0.39, 0.29) is 0 Å². The van der Waals surface area contributed by atoms with E-state index < -0.39 is 11.7 Å². The second kappa shape index (κ2) is 6.79. The SMILES string of the molecule is Cn1cc(Br)c(OCCCNC(=O)OC(C)(C)C)n1. The number of hydrogen-bond donors (Lipinski definition) is 1. The molecule has 0 spiro atoms.